The van der Waals surface area contributed by atoms with Crippen LogP contribution in [0.3, 0.4) is 0 Å². The minimum absolute atomic E-state index is 0.230. The second kappa shape index (κ2) is 12.3. The zero-order valence-electron chi connectivity index (χ0n) is 26.9. The zero-order valence-corrected chi connectivity index (χ0v) is 26.9. The first kappa shape index (κ1) is 28.8. The van der Waals surface area contributed by atoms with Crippen LogP contribution in [0.15, 0.2) is 170 Å². The summed E-state index contributed by atoms with van der Waals surface area (Å²) < 4.78 is 0. The molecule has 0 N–H and O–H groups in total. The quantitative estimate of drug-likeness (QED) is 0.186. The van der Waals surface area contributed by atoms with E-state index in [0.717, 1.165) is 17.8 Å². The molecule has 0 fully saturated rings. The summed E-state index contributed by atoms with van der Waals surface area (Å²) >= 11 is 0. The van der Waals surface area contributed by atoms with E-state index in [1.54, 1.807) is 0 Å². The maximum atomic E-state index is 2.49. The summed E-state index contributed by atoms with van der Waals surface area (Å²) in [7, 11) is 0. The minimum Gasteiger partial charge on any atom is -0.314 e. The smallest absolute Gasteiger partial charge is 0.0543 e. The topological polar surface area (TPSA) is 6.48 Å². The van der Waals surface area contributed by atoms with Gasteiger partial charge in [0.1, 0.15) is 0 Å². The molecule has 2 heteroatoms. The van der Waals surface area contributed by atoms with Gasteiger partial charge in [0.05, 0.1) is 5.69 Å². The summed E-state index contributed by atoms with van der Waals surface area (Å²) in [6.07, 6.45) is 12.8. The van der Waals surface area contributed by atoms with Gasteiger partial charge in [0.25, 0.3) is 0 Å². The largest absolute Gasteiger partial charge is 0.314 e. The van der Waals surface area contributed by atoms with Crippen molar-refractivity contribution in [2.75, 3.05) is 9.80 Å². The van der Waals surface area contributed by atoms with Crippen LogP contribution in [0.2, 0.25) is 0 Å². The monoisotopic (exact) mass is 606 g/mol. The van der Waals surface area contributed by atoms with Crippen molar-refractivity contribution in [3.8, 4) is 0 Å². The molecule has 2 aliphatic rings. The maximum Gasteiger partial charge on any atom is 0.0543 e. The van der Waals surface area contributed by atoms with Crippen molar-refractivity contribution in [3.63, 3.8) is 0 Å². The van der Waals surface area contributed by atoms with Crippen LogP contribution in [0.25, 0.3) is 16.8 Å². The van der Waals surface area contributed by atoms with Crippen molar-refractivity contribution in [3.05, 3.63) is 192 Å². The van der Waals surface area contributed by atoms with Crippen LogP contribution in [-0.4, -0.2) is 0 Å². The number of hydrogen-bond donors (Lipinski definition) is 0. The number of rotatable bonds is 6. The van der Waals surface area contributed by atoms with Gasteiger partial charge in [0.2, 0.25) is 0 Å². The molecule has 0 aliphatic heterocycles. The molecule has 2 unspecified atom stereocenters. The Hall–Kier alpha value is -5.60. The average molecular weight is 607 g/mol. The molecule has 0 radical (unpaired) electrons. The third-order valence-corrected chi connectivity index (χ3v) is 9.59. The highest BCUT2D eigenvalue weighted by Crippen LogP contribution is 2.48. The van der Waals surface area contributed by atoms with Crippen molar-refractivity contribution in [2.24, 2.45) is 5.92 Å². The standard InChI is InChI=1S/C45H38N2/c1-32-21-25-38(26-22-32)46(36-15-5-3-6-16-36)44-31-43-40-19-11-12-20-41(40)45(30-42(43)34-13-9-10-14-35(44)29-34)47(37-17-7-4-8-18-37)39-27-23-33(2)24-28-39/h3-28,30-31,34-35H,29H2,1-2H3. The summed E-state index contributed by atoms with van der Waals surface area (Å²) in [6.45, 7) is 4.30. The number of benzene rings is 6. The number of allylic oxidation sites excluding steroid dienone is 4. The van der Waals surface area contributed by atoms with E-state index in [9.17, 15) is 0 Å². The summed E-state index contributed by atoms with van der Waals surface area (Å²) in [4.78, 5) is 4.90. The summed E-state index contributed by atoms with van der Waals surface area (Å²) in [5.74, 6) is 0.488. The first-order chi connectivity index (χ1) is 23.1. The van der Waals surface area contributed by atoms with Gasteiger partial charge in [0, 0.05) is 45.7 Å². The molecular formula is C45H38N2. The fourth-order valence-electron chi connectivity index (χ4n) is 7.23. The summed E-state index contributed by atoms with van der Waals surface area (Å²) in [6, 6.07) is 50.9. The molecule has 0 amide bonds. The predicted octanol–water partition coefficient (Wildman–Crippen LogP) is 12.3. The van der Waals surface area contributed by atoms with Crippen molar-refractivity contribution < 1.29 is 0 Å². The van der Waals surface area contributed by atoms with Crippen molar-refractivity contribution >= 4 is 45.3 Å². The highest BCUT2D eigenvalue weighted by Gasteiger charge is 2.31. The molecular weight excluding hydrogens is 569 g/mol. The Balaban J connectivity index is 1.41. The van der Waals surface area contributed by atoms with E-state index in [4.69, 9.17) is 0 Å². The molecule has 0 saturated heterocycles. The van der Waals surface area contributed by atoms with E-state index in [1.165, 1.54) is 55.8 Å². The average Bonchev–Trinajstić information content (AvgIpc) is 3.45. The van der Waals surface area contributed by atoms with Crippen LogP contribution < -0.4 is 9.80 Å². The molecule has 6 aromatic rings. The molecule has 8 rings (SSSR count). The van der Waals surface area contributed by atoms with Crippen LogP contribution in [0.5, 0.6) is 0 Å². The first-order valence-electron chi connectivity index (χ1n) is 16.6. The number of aryl methyl sites for hydroxylation is 2. The molecule has 47 heavy (non-hydrogen) atoms. The molecule has 2 bridgehead atoms. The van der Waals surface area contributed by atoms with Gasteiger partial charge in [-0.1, -0.05) is 120 Å². The maximum absolute atomic E-state index is 2.49. The minimum atomic E-state index is 0.230. The molecule has 2 nitrogen and oxygen atoms in total. The lowest BCUT2D eigenvalue weighted by atomic mass is 9.86. The highest BCUT2D eigenvalue weighted by atomic mass is 15.2. The van der Waals surface area contributed by atoms with Gasteiger partial charge in [-0.3, -0.25) is 0 Å². The summed E-state index contributed by atoms with van der Waals surface area (Å²) in [5.41, 5.74) is 12.3. The van der Waals surface area contributed by atoms with Crippen LogP contribution in [0.4, 0.5) is 28.4 Å². The molecule has 6 aromatic carbocycles. The third-order valence-electron chi connectivity index (χ3n) is 9.59. The van der Waals surface area contributed by atoms with E-state index in [2.05, 4.69) is 194 Å². The number of hydrogen-bond acceptors (Lipinski definition) is 2. The molecule has 228 valence electrons. The molecule has 0 spiro atoms. The van der Waals surface area contributed by atoms with Gasteiger partial charge in [-0.15, -0.1) is 0 Å². The lowest BCUT2D eigenvalue weighted by molar-refractivity contribution is 0.627. The van der Waals surface area contributed by atoms with E-state index in [1.807, 2.05) is 0 Å². The number of para-hydroxylation sites is 2. The van der Waals surface area contributed by atoms with Crippen LogP contribution in [0.1, 0.15) is 34.6 Å². The van der Waals surface area contributed by atoms with Crippen LogP contribution >= 0.6 is 0 Å². The Labute approximate surface area is 278 Å². The SMILES string of the molecule is Cc1ccc(N(C2=Cc3c(cc(N(c4ccccc4)c4ccc(C)cc4)c4ccccc34)C3C=CC=CC2C3)c2ccccc2)cc1. The van der Waals surface area contributed by atoms with E-state index < -0.39 is 0 Å². The second-order valence-corrected chi connectivity index (χ2v) is 12.7. The Morgan fingerprint density at radius 3 is 1.60 bits per heavy atom. The Morgan fingerprint density at radius 2 is 0.979 bits per heavy atom. The van der Waals surface area contributed by atoms with E-state index >= 15 is 0 Å². The lowest BCUT2D eigenvalue weighted by Crippen LogP contribution is -2.22. The first-order valence-corrected chi connectivity index (χ1v) is 16.6. The fourth-order valence-corrected chi connectivity index (χ4v) is 7.23. The van der Waals surface area contributed by atoms with Crippen molar-refractivity contribution in [1.29, 1.82) is 0 Å². The number of fused-ring (bicyclic) bond motifs is 6. The molecule has 2 atom stereocenters. The van der Waals surface area contributed by atoms with Gasteiger partial charge >= 0.3 is 0 Å². The number of anilines is 5. The summed E-state index contributed by atoms with van der Waals surface area (Å²) in [5, 5.41) is 2.51. The van der Waals surface area contributed by atoms with Crippen LogP contribution in [0, 0.1) is 19.8 Å². The van der Waals surface area contributed by atoms with Gasteiger partial charge in [-0.25, -0.2) is 0 Å². The number of nitrogens with zero attached hydrogens (tertiary/aromatic N) is 2. The van der Waals surface area contributed by atoms with Crippen molar-refractivity contribution in [1.82, 2.24) is 0 Å². The lowest BCUT2D eigenvalue weighted by Gasteiger charge is -2.32. The van der Waals surface area contributed by atoms with Gasteiger partial charge in [0.15, 0.2) is 0 Å². The fraction of sp³-hybridized carbons (Fsp3) is 0.111. The third kappa shape index (κ3) is 5.47. The molecule has 0 saturated carbocycles. The van der Waals surface area contributed by atoms with Crippen molar-refractivity contribution in [2.45, 2.75) is 26.2 Å². The van der Waals surface area contributed by atoms with Gasteiger partial charge < -0.3 is 9.80 Å². The van der Waals surface area contributed by atoms with Crippen LogP contribution in [-0.2, 0) is 0 Å². The Kier molecular flexibility index (Phi) is 7.55. The highest BCUT2D eigenvalue weighted by molar-refractivity contribution is 6.04. The Bertz CT molecular complexity index is 2120. The molecule has 0 aromatic heterocycles. The van der Waals surface area contributed by atoms with E-state index in [0.29, 0.717) is 0 Å². The molecule has 2 aliphatic carbocycles. The Morgan fingerprint density at radius 1 is 0.489 bits per heavy atom. The van der Waals surface area contributed by atoms with Gasteiger partial charge in [-0.2, -0.15) is 0 Å². The van der Waals surface area contributed by atoms with Gasteiger partial charge in [-0.05, 0) is 97.5 Å². The second-order valence-electron chi connectivity index (χ2n) is 12.7. The normalized spacial score (nSPS) is 16.6. The molecule has 0 heterocycles. The zero-order chi connectivity index (χ0) is 31.7. The predicted molar refractivity (Wildman–Crippen MR) is 200 cm³/mol. The van der Waals surface area contributed by atoms with E-state index in [-0.39, 0.29) is 11.8 Å².